The van der Waals surface area contributed by atoms with Gasteiger partial charge in [-0.05, 0) is 60.5 Å². The van der Waals surface area contributed by atoms with E-state index in [1.54, 1.807) is 12.1 Å². The lowest BCUT2D eigenvalue weighted by Crippen LogP contribution is -2.09. The molecule has 0 fully saturated rings. The van der Waals surface area contributed by atoms with Gasteiger partial charge in [0.2, 0.25) is 10.0 Å². The molecule has 152 valence electrons. The minimum atomic E-state index is -3.31. The minimum absolute atomic E-state index is 0.519. The first-order chi connectivity index (χ1) is 14.3. The Morgan fingerprint density at radius 2 is 1.37 bits per heavy atom. The van der Waals surface area contributed by atoms with Crippen LogP contribution in [-0.4, -0.2) is 24.5 Å². The third-order valence-electron chi connectivity index (χ3n) is 4.60. The number of aryl methyl sites for hydroxylation is 1. The number of aromatic nitrogens is 2. The first-order valence-electron chi connectivity index (χ1n) is 9.30. The molecule has 0 spiro atoms. The van der Waals surface area contributed by atoms with Gasteiger partial charge in [0.15, 0.2) is 0 Å². The topological polar surface area (TPSA) is 64.0 Å². The highest BCUT2D eigenvalue weighted by molar-refractivity contribution is 9.10. The van der Waals surface area contributed by atoms with Gasteiger partial charge in [-0.3, -0.25) is 4.72 Å². The minimum Gasteiger partial charge on any atom is -0.284 e. The van der Waals surface area contributed by atoms with Crippen LogP contribution >= 0.6 is 15.9 Å². The van der Waals surface area contributed by atoms with Crippen molar-refractivity contribution in [2.75, 3.05) is 11.0 Å². The van der Waals surface area contributed by atoms with Crippen molar-refractivity contribution in [1.82, 2.24) is 9.78 Å². The highest BCUT2D eigenvalue weighted by Gasteiger charge is 2.11. The van der Waals surface area contributed by atoms with E-state index in [1.807, 2.05) is 41.9 Å². The summed E-state index contributed by atoms with van der Waals surface area (Å²) in [6.07, 6.45) is 1.13. The maximum atomic E-state index is 11.4. The van der Waals surface area contributed by atoms with E-state index in [0.717, 1.165) is 44.5 Å². The highest BCUT2D eigenvalue weighted by atomic mass is 79.9. The first-order valence-corrected chi connectivity index (χ1v) is 12.0. The molecule has 0 saturated heterocycles. The normalized spacial score (nSPS) is 11.4. The summed E-state index contributed by atoms with van der Waals surface area (Å²) in [4.78, 5) is 0. The lowest BCUT2D eigenvalue weighted by molar-refractivity contribution is 0.607. The molecule has 0 unspecified atom stereocenters. The monoisotopic (exact) mass is 481 g/mol. The Kier molecular flexibility index (Phi) is 5.49. The smallest absolute Gasteiger partial charge is 0.229 e. The predicted molar refractivity (Wildman–Crippen MR) is 125 cm³/mol. The number of anilines is 1. The molecule has 0 aliphatic rings. The van der Waals surface area contributed by atoms with Gasteiger partial charge in [-0.1, -0.05) is 52.3 Å². The summed E-state index contributed by atoms with van der Waals surface area (Å²) in [7, 11) is -3.31. The molecule has 5 nitrogen and oxygen atoms in total. The Morgan fingerprint density at radius 1 is 0.833 bits per heavy atom. The average molecular weight is 482 g/mol. The predicted octanol–water partition coefficient (Wildman–Crippen LogP) is 5.65. The maximum Gasteiger partial charge on any atom is 0.229 e. The molecule has 0 atom stereocenters. The lowest BCUT2D eigenvalue weighted by Gasteiger charge is -2.10. The van der Waals surface area contributed by atoms with Crippen molar-refractivity contribution in [2.45, 2.75) is 6.92 Å². The van der Waals surface area contributed by atoms with E-state index < -0.39 is 10.0 Å². The largest absolute Gasteiger partial charge is 0.284 e. The van der Waals surface area contributed by atoms with E-state index in [-0.39, 0.29) is 0 Å². The molecular weight excluding hydrogens is 462 g/mol. The molecule has 7 heteroatoms. The van der Waals surface area contributed by atoms with Crippen molar-refractivity contribution in [2.24, 2.45) is 0 Å². The van der Waals surface area contributed by atoms with Crippen LogP contribution in [0.15, 0.2) is 83.3 Å². The number of nitrogens with zero attached hydrogens (tertiary/aromatic N) is 2. The van der Waals surface area contributed by atoms with E-state index in [9.17, 15) is 8.42 Å². The van der Waals surface area contributed by atoms with Crippen molar-refractivity contribution in [3.8, 4) is 28.1 Å². The fraction of sp³-hybridized carbons (Fsp3) is 0.0870. The molecule has 4 aromatic rings. The van der Waals surface area contributed by atoms with Gasteiger partial charge in [0, 0.05) is 15.7 Å². The quantitative estimate of drug-likeness (QED) is 0.400. The number of benzene rings is 3. The van der Waals surface area contributed by atoms with Crippen molar-refractivity contribution in [1.29, 1.82) is 0 Å². The second-order valence-electron chi connectivity index (χ2n) is 7.09. The van der Waals surface area contributed by atoms with Gasteiger partial charge in [-0.15, -0.1) is 0 Å². The van der Waals surface area contributed by atoms with Gasteiger partial charge in [0.1, 0.15) is 0 Å². The zero-order chi connectivity index (χ0) is 21.3. The van der Waals surface area contributed by atoms with Gasteiger partial charge in [-0.2, -0.15) is 5.10 Å². The highest BCUT2D eigenvalue weighted by Crippen LogP contribution is 2.28. The average Bonchev–Trinajstić information content (AvgIpc) is 3.10. The molecule has 0 bridgehead atoms. The van der Waals surface area contributed by atoms with Gasteiger partial charge in [0.05, 0.1) is 23.3 Å². The zero-order valence-corrected chi connectivity index (χ0v) is 18.9. The summed E-state index contributed by atoms with van der Waals surface area (Å²) in [5.41, 5.74) is 6.60. The van der Waals surface area contributed by atoms with Crippen molar-refractivity contribution >= 4 is 31.6 Å². The van der Waals surface area contributed by atoms with Crippen LogP contribution < -0.4 is 4.72 Å². The third-order valence-corrected chi connectivity index (χ3v) is 5.74. The molecule has 0 aliphatic carbocycles. The van der Waals surface area contributed by atoms with Crippen LogP contribution in [0.5, 0.6) is 0 Å². The summed E-state index contributed by atoms with van der Waals surface area (Å²) in [6.45, 7) is 1.95. The molecule has 4 rings (SSSR count). The second kappa shape index (κ2) is 8.08. The Morgan fingerprint density at radius 3 is 1.93 bits per heavy atom. The SMILES string of the molecule is Cc1cc(-c2ccc(-c3ccc(Br)cc3)cc2)n(-c2ccc(NS(C)(=O)=O)cc2)n1. The van der Waals surface area contributed by atoms with Crippen LogP contribution in [-0.2, 0) is 10.0 Å². The van der Waals surface area contributed by atoms with Crippen LogP contribution in [0, 0.1) is 6.92 Å². The maximum absolute atomic E-state index is 11.4. The Labute approximate surface area is 184 Å². The Bertz CT molecular complexity index is 1280. The molecule has 1 aromatic heterocycles. The van der Waals surface area contributed by atoms with Gasteiger partial charge < -0.3 is 0 Å². The van der Waals surface area contributed by atoms with Gasteiger partial charge in [-0.25, -0.2) is 13.1 Å². The number of hydrogen-bond donors (Lipinski definition) is 1. The number of sulfonamides is 1. The summed E-state index contributed by atoms with van der Waals surface area (Å²) >= 11 is 3.47. The Balaban J connectivity index is 1.65. The van der Waals surface area contributed by atoms with Crippen molar-refractivity contribution in [3.05, 3.63) is 89.0 Å². The first kappa shape index (κ1) is 20.4. The summed E-state index contributed by atoms with van der Waals surface area (Å²) in [5.74, 6) is 0. The number of hydrogen-bond acceptors (Lipinski definition) is 3. The summed E-state index contributed by atoms with van der Waals surface area (Å²) in [6, 6.07) is 25.8. The van der Waals surface area contributed by atoms with Gasteiger partial charge >= 0.3 is 0 Å². The second-order valence-corrected chi connectivity index (χ2v) is 9.75. The van der Waals surface area contributed by atoms with E-state index in [4.69, 9.17) is 0 Å². The summed E-state index contributed by atoms with van der Waals surface area (Å²) in [5, 5.41) is 4.62. The molecule has 1 N–H and O–H groups in total. The molecule has 30 heavy (non-hydrogen) atoms. The van der Waals surface area contributed by atoms with Crippen molar-refractivity contribution < 1.29 is 8.42 Å². The fourth-order valence-corrected chi connectivity index (χ4v) is 4.09. The molecular formula is C23H20BrN3O2S. The van der Waals surface area contributed by atoms with E-state index >= 15 is 0 Å². The van der Waals surface area contributed by atoms with E-state index in [2.05, 4.69) is 62.1 Å². The van der Waals surface area contributed by atoms with Crippen LogP contribution in [0.3, 0.4) is 0 Å². The molecule has 0 aliphatic heterocycles. The van der Waals surface area contributed by atoms with Crippen LogP contribution in [0.2, 0.25) is 0 Å². The fourth-order valence-electron chi connectivity index (χ4n) is 3.26. The lowest BCUT2D eigenvalue weighted by atomic mass is 10.0. The number of halogens is 1. The third kappa shape index (κ3) is 4.63. The van der Waals surface area contributed by atoms with Crippen molar-refractivity contribution in [3.63, 3.8) is 0 Å². The Hall–Kier alpha value is -2.90. The van der Waals surface area contributed by atoms with Gasteiger partial charge in [0.25, 0.3) is 0 Å². The molecule has 0 saturated carbocycles. The van der Waals surface area contributed by atoms with Crippen LogP contribution in [0.25, 0.3) is 28.1 Å². The summed E-state index contributed by atoms with van der Waals surface area (Å²) < 4.78 is 28.2. The standard InChI is InChI=1S/C23H20BrN3O2S/c1-16-15-23(19-5-3-17(4-6-19)18-7-9-20(24)10-8-18)27(25-16)22-13-11-21(12-14-22)26-30(2,28)29/h3-15,26H,1-2H3. The molecule has 0 amide bonds. The van der Waals surface area contributed by atoms with E-state index in [1.165, 1.54) is 0 Å². The molecule has 1 heterocycles. The number of nitrogens with one attached hydrogen (secondary N) is 1. The zero-order valence-electron chi connectivity index (χ0n) is 16.5. The number of rotatable bonds is 5. The molecule has 3 aromatic carbocycles. The van der Waals surface area contributed by atoms with Crippen LogP contribution in [0.4, 0.5) is 5.69 Å². The molecule has 0 radical (unpaired) electrons. The van der Waals surface area contributed by atoms with E-state index in [0.29, 0.717) is 5.69 Å². The van der Waals surface area contributed by atoms with Crippen LogP contribution in [0.1, 0.15) is 5.69 Å².